The second kappa shape index (κ2) is 2.60. The maximum absolute atomic E-state index is 9.30. The number of fused-ring (bicyclic) bond motifs is 1. The number of rotatable bonds is 0. The number of benzene rings is 1. The molecule has 1 aromatic carbocycles. The topological polar surface area (TPSA) is 66.9 Å². The molecule has 0 aliphatic carbocycles. The highest BCUT2D eigenvalue weighted by Crippen LogP contribution is 2.38. The molecule has 0 fully saturated rings. The van der Waals surface area contributed by atoms with Gasteiger partial charge in [-0.25, -0.2) is 0 Å². The first-order chi connectivity index (χ1) is 5.77. The van der Waals surface area contributed by atoms with Crippen LogP contribution in [0.5, 0.6) is 5.75 Å². The summed E-state index contributed by atoms with van der Waals surface area (Å²) in [6.45, 7) is 0. The molecule has 2 rings (SSSR count). The van der Waals surface area contributed by atoms with Crippen LogP contribution < -0.4 is 4.72 Å². The van der Waals surface area contributed by atoms with Gasteiger partial charge in [-0.15, -0.1) is 0 Å². The van der Waals surface area contributed by atoms with Crippen molar-refractivity contribution < 1.29 is 10.2 Å². The largest absolute Gasteiger partial charge is 0.506 e. The van der Waals surface area contributed by atoms with Crippen molar-refractivity contribution in [3.8, 4) is 5.75 Å². The van der Waals surface area contributed by atoms with Gasteiger partial charge in [0.25, 0.3) is 0 Å². The van der Waals surface area contributed by atoms with Crippen LogP contribution in [0, 0.1) is 0 Å². The Kier molecular flexibility index (Phi) is 1.58. The summed E-state index contributed by atoms with van der Waals surface area (Å²) in [5, 5.41) is 18.2. The molecule has 0 saturated heterocycles. The van der Waals surface area contributed by atoms with E-state index >= 15 is 0 Å². The first-order valence-corrected chi connectivity index (χ1v) is 4.02. The van der Waals surface area contributed by atoms with E-state index in [9.17, 15) is 5.11 Å². The Balaban J connectivity index is 2.59. The molecular formula is C7H5N2O2S. The van der Waals surface area contributed by atoms with E-state index in [-0.39, 0.29) is 11.8 Å². The predicted molar refractivity (Wildman–Crippen MR) is 45.8 cm³/mol. The number of aliphatic hydroxyl groups is 1. The third kappa shape index (κ3) is 1.08. The van der Waals surface area contributed by atoms with Gasteiger partial charge in [0.05, 0.1) is 4.90 Å². The second-order valence-corrected chi connectivity index (χ2v) is 3.02. The molecule has 1 aliphatic rings. The highest BCUT2D eigenvalue weighted by atomic mass is 32.2. The van der Waals surface area contributed by atoms with Crippen LogP contribution in [0.3, 0.4) is 0 Å². The Morgan fingerprint density at radius 2 is 2.08 bits per heavy atom. The SMILES string of the molecule is OC1=Nc2c(O)cccc2S[N]1. The first-order valence-electron chi connectivity index (χ1n) is 3.25. The maximum atomic E-state index is 9.30. The fraction of sp³-hybridized carbons (Fsp3) is 0. The minimum atomic E-state index is -0.311. The lowest BCUT2D eigenvalue weighted by Gasteiger charge is -2.10. The minimum Gasteiger partial charge on any atom is -0.506 e. The summed E-state index contributed by atoms with van der Waals surface area (Å²) < 4.78 is 3.62. The van der Waals surface area contributed by atoms with Gasteiger partial charge in [-0.05, 0) is 12.1 Å². The molecule has 0 unspecified atom stereocenters. The summed E-state index contributed by atoms with van der Waals surface area (Å²) in [6, 6.07) is 4.68. The molecule has 0 amide bonds. The highest BCUT2D eigenvalue weighted by Gasteiger charge is 2.15. The summed E-state index contributed by atoms with van der Waals surface area (Å²) in [7, 11) is 0. The second-order valence-electron chi connectivity index (χ2n) is 2.22. The van der Waals surface area contributed by atoms with Gasteiger partial charge in [-0.2, -0.15) is 9.71 Å². The molecule has 2 N–H and O–H groups in total. The van der Waals surface area contributed by atoms with Gasteiger partial charge in [0.1, 0.15) is 11.4 Å². The fourth-order valence-electron chi connectivity index (χ4n) is 0.907. The van der Waals surface area contributed by atoms with Gasteiger partial charge in [0.15, 0.2) is 0 Å². The average molecular weight is 181 g/mol. The molecule has 0 saturated carbocycles. The zero-order valence-corrected chi connectivity index (χ0v) is 6.75. The van der Waals surface area contributed by atoms with Gasteiger partial charge >= 0.3 is 6.02 Å². The highest BCUT2D eigenvalue weighted by molar-refractivity contribution is 7.98. The molecule has 0 aromatic heterocycles. The summed E-state index contributed by atoms with van der Waals surface area (Å²) in [4.78, 5) is 4.42. The van der Waals surface area contributed by atoms with E-state index in [1.54, 1.807) is 12.1 Å². The lowest BCUT2D eigenvalue weighted by molar-refractivity contribution is 0.473. The van der Waals surface area contributed by atoms with Crippen LogP contribution in [0.1, 0.15) is 0 Å². The zero-order valence-electron chi connectivity index (χ0n) is 5.93. The Morgan fingerprint density at radius 3 is 2.92 bits per heavy atom. The number of nitrogens with zero attached hydrogens (tertiary/aromatic N) is 2. The van der Waals surface area contributed by atoms with E-state index in [1.807, 2.05) is 0 Å². The van der Waals surface area contributed by atoms with E-state index in [0.29, 0.717) is 5.69 Å². The molecule has 0 bridgehead atoms. The van der Waals surface area contributed by atoms with Gasteiger partial charge in [0.2, 0.25) is 0 Å². The predicted octanol–water partition coefficient (Wildman–Crippen LogP) is 1.56. The van der Waals surface area contributed by atoms with Crippen LogP contribution >= 0.6 is 11.9 Å². The number of phenolic OH excluding ortho intramolecular Hbond substituents is 1. The first kappa shape index (κ1) is 7.30. The molecule has 1 aliphatic heterocycles. The Labute approximate surface area is 73.1 Å². The van der Waals surface area contributed by atoms with Crippen LogP contribution in [0.4, 0.5) is 5.69 Å². The molecule has 0 atom stereocenters. The van der Waals surface area contributed by atoms with Gasteiger partial charge in [-0.1, -0.05) is 6.07 Å². The number of aliphatic imine (C=N–C) groups is 1. The van der Waals surface area contributed by atoms with Crippen molar-refractivity contribution in [2.45, 2.75) is 4.90 Å². The standard InChI is InChI=1S/C7H5N2O2S/c10-4-2-1-3-5-6(4)8-7(11)9-12-5/h1-3,10H,(H,8,11). The van der Waals surface area contributed by atoms with Crippen molar-refractivity contribution in [1.29, 1.82) is 0 Å². The Hall–Kier alpha value is -1.36. The van der Waals surface area contributed by atoms with Crippen molar-refractivity contribution in [3.63, 3.8) is 0 Å². The quantitative estimate of drug-likeness (QED) is 0.597. The van der Waals surface area contributed by atoms with E-state index in [1.165, 1.54) is 6.07 Å². The van der Waals surface area contributed by atoms with Crippen molar-refractivity contribution in [3.05, 3.63) is 18.2 Å². The Bertz CT molecular complexity index is 351. The van der Waals surface area contributed by atoms with E-state index in [0.717, 1.165) is 16.8 Å². The molecule has 1 aromatic rings. The molecule has 1 radical (unpaired) electrons. The summed E-state index contributed by atoms with van der Waals surface area (Å²) in [6.07, 6.45) is 0. The lowest BCUT2D eigenvalue weighted by Crippen LogP contribution is -2.09. The minimum absolute atomic E-state index is 0.0569. The number of aromatic hydroxyl groups is 1. The molecule has 61 valence electrons. The lowest BCUT2D eigenvalue weighted by atomic mass is 10.3. The monoisotopic (exact) mass is 181 g/mol. The van der Waals surface area contributed by atoms with Gasteiger partial charge < -0.3 is 10.2 Å². The number of hydrogen-bond acceptors (Lipinski definition) is 3. The number of aliphatic hydroxyl groups excluding tert-OH is 1. The fourth-order valence-corrected chi connectivity index (χ4v) is 1.50. The smallest absolute Gasteiger partial charge is 0.321 e. The van der Waals surface area contributed by atoms with Crippen LogP contribution in [-0.2, 0) is 0 Å². The zero-order chi connectivity index (χ0) is 8.55. The molecule has 5 heteroatoms. The van der Waals surface area contributed by atoms with Gasteiger partial charge in [0, 0.05) is 11.9 Å². The molecule has 0 spiro atoms. The summed E-state index contributed by atoms with van der Waals surface area (Å²) in [5.41, 5.74) is 0.384. The number of amidine groups is 1. The van der Waals surface area contributed by atoms with Crippen LogP contribution in [0.25, 0.3) is 0 Å². The van der Waals surface area contributed by atoms with Crippen molar-refractivity contribution in [2.24, 2.45) is 4.99 Å². The number of hydrogen-bond donors (Lipinski definition) is 2. The average Bonchev–Trinajstić information content (AvgIpc) is 2.07. The van der Waals surface area contributed by atoms with Crippen LogP contribution in [0.2, 0.25) is 0 Å². The summed E-state index contributed by atoms with van der Waals surface area (Å²) in [5.74, 6) is 0.0569. The number of phenols is 1. The van der Waals surface area contributed by atoms with Crippen molar-refractivity contribution in [1.82, 2.24) is 4.72 Å². The van der Waals surface area contributed by atoms with Crippen LogP contribution in [-0.4, -0.2) is 16.2 Å². The number of para-hydroxylation sites is 1. The van der Waals surface area contributed by atoms with E-state index < -0.39 is 0 Å². The van der Waals surface area contributed by atoms with E-state index in [4.69, 9.17) is 5.11 Å². The molecular weight excluding hydrogens is 176 g/mol. The van der Waals surface area contributed by atoms with Gasteiger partial charge in [-0.3, -0.25) is 0 Å². The molecule has 4 nitrogen and oxygen atoms in total. The maximum Gasteiger partial charge on any atom is 0.321 e. The Morgan fingerprint density at radius 1 is 1.25 bits per heavy atom. The molecule has 12 heavy (non-hydrogen) atoms. The third-order valence-corrected chi connectivity index (χ3v) is 2.20. The third-order valence-electron chi connectivity index (χ3n) is 1.42. The normalized spacial score (nSPS) is 14.5. The molecule has 1 heterocycles. The van der Waals surface area contributed by atoms with Crippen LogP contribution in [0.15, 0.2) is 28.1 Å². The van der Waals surface area contributed by atoms with Crippen molar-refractivity contribution >= 4 is 23.7 Å². The summed E-state index contributed by atoms with van der Waals surface area (Å²) >= 11 is 1.10. The van der Waals surface area contributed by atoms with E-state index in [2.05, 4.69) is 9.71 Å². The van der Waals surface area contributed by atoms with Crippen molar-refractivity contribution in [2.75, 3.05) is 0 Å².